The molecule has 3 aliphatic heterocycles. The second kappa shape index (κ2) is 11.0. The number of rotatable bonds is 6. The Morgan fingerprint density at radius 3 is 2.50 bits per heavy atom. The van der Waals surface area contributed by atoms with Crippen molar-refractivity contribution in [2.24, 2.45) is 5.41 Å². The van der Waals surface area contributed by atoms with Crippen LogP contribution in [-0.2, 0) is 24.3 Å². The van der Waals surface area contributed by atoms with E-state index in [0.29, 0.717) is 31.6 Å². The van der Waals surface area contributed by atoms with Crippen LogP contribution in [0.2, 0.25) is 0 Å². The summed E-state index contributed by atoms with van der Waals surface area (Å²) >= 11 is 0. The highest BCUT2D eigenvalue weighted by Gasteiger charge is 2.47. The minimum Gasteiger partial charge on any atom is -0.444 e. The third kappa shape index (κ3) is 5.70. The maximum absolute atomic E-state index is 13.3. The maximum atomic E-state index is 13.3. The second-order valence-electron chi connectivity index (χ2n) is 9.36. The van der Waals surface area contributed by atoms with Crippen LogP contribution in [0.1, 0.15) is 36.8 Å². The van der Waals surface area contributed by atoms with E-state index in [1.807, 2.05) is 18.2 Å². The molecule has 4 rings (SSSR count). The average molecular weight is 519 g/mol. The van der Waals surface area contributed by atoms with E-state index in [1.165, 1.54) is 9.21 Å². The summed E-state index contributed by atoms with van der Waals surface area (Å²) in [5.41, 5.74) is 2.75. The van der Waals surface area contributed by atoms with E-state index in [9.17, 15) is 23.2 Å². The van der Waals surface area contributed by atoms with Crippen LogP contribution >= 0.6 is 0 Å². The number of hydrogen-bond donors (Lipinski definition) is 2. The van der Waals surface area contributed by atoms with Crippen molar-refractivity contribution in [3.05, 3.63) is 41.5 Å². The molecule has 36 heavy (non-hydrogen) atoms. The molecule has 0 aliphatic carbocycles. The van der Waals surface area contributed by atoms with Crippen molar-refractivity contribution in [2.45, 2.75) is 31.8 Å². The zero-order valence-electron chi connectivity index (χ0n) is 19.9. The third-order valence-electron chi connectivity index (χ3n) is 7.13. The summed E-state index contributed by atoms with van der Waals surface area (Å²) in [5.74, 6) is -1.24. The molecule has 0 bridgehead atoms. The fourth-order valence-corrected chi connectivity index (χ4v) is 6.83. The molecule has 0 radical (unpaired) electrons. The first kappa shape index (κ1) is 26.1. The largest absolute Gasteiger partial charge is 0.444 e. The van der Waals surface area contributed by atoms with Gasteiger partial charge in [-0.15, -0.1) is 0 Å². The predicted molar refractivity (Wildman–Crippen MR) is 128 cm³/mol. The van der Waals surface area contributed by atoms with Crippen LogP contribution in [0.15, 0.2) is 30.3 Å². The van der Waals surface area contributed by atoms with Crippen LogP contribution in [0, 0.1) is 16.7 Å². The van der Waals surface area contributed by atoms with Crippen molar-refractivity contribution in [3.63, 3.8) is 0 Å². The first-order valence-electron chi connectivity index (χ1n) is 11.9. The number of hydroxylamine groups is 1. The van der Waals surface area contributed by atoms with E-state index in [4.69, 9.17) is 14.7 Å². The van der Waals surface area contributed by atoms with Gasteiger partial charge in [-0.2, -0.15) is 9.57 Å². The van der Waals surface area contributed by atoms with Gasteiger partial charge in [0.2, 0.25) is 10.0 Å². The van der Waals surface area contributed by atoms with Crippen LogP contribution in [0.4, 0.5) is 4.79 Å². The van der Waals surface area contributed by atoms with Gasteiger partial charge in [0.05, 0.1) is 36.0 Å². The van der Waals surface area contributed by atoms with Gasteiger partial charge in [0.15, 0.2) is 0 Å². The van der Waals surface area contributed by atoms with Gasteiger partial charge in [-0.1, -0.05) is 18.2 Å². The molecule has 3 heterocycles. The number of nitrogens with one attached hydrogen (secondary N) is 1. The number of carbonyl (C=O) groups is 2. The molecule has 2 saturated heterocycles. The number of sulfonamides is 1. The van der Waals surface area contributed by atoms with E-state index < -0.39 is 33.2 Å². The minimum atomic E-state index is -3.85. The molecule has 1 aromatic rings. The summed E-state index contributed by atoms with van der Waals surface area (Å²) in [4.78, 5) is 26.6. The summed E-state index contributed by atoms with van der Waals surface area (Å²) in [5, 5.41) is 18.3. The molecule has 0 aromatic heterocycles. The Labute approximate surface area is 210 Å². The Morgan fingerprint density at radius 1 is 1.22 bits per heavy atom. The van der Waals surface area contributed by atoms with E-state index in [2.05, 4.69) is 6.07 Å². The van der Waals surface area contributed by atoms with Crippen LogP contribution in [0.25, 0.3) is 5.57 Å². The third-order valence-corrected chi connectivity index (χ3v) is 9.16. The number of piperidine rings is 1. The van der Waals surface area contributed by atoms with Crippen molar-refractivity contribution in [2.75, 3.05) is 45.1 Å². The van der Waals surface area contributed by atoms with Gasteiger partial charge in [0.25, 0.3) is 5.91 Å². The first-order valence-corrected chi connectivity index (χ1v) is 13.5. The quantitative estimate of drug-likeness (QED) is 0.425. The number of nitrogens with zero attached hydrogens (tertiary/aromatic N) is 3. The summed E-state index contributed by atoms with van der Waals surface area (Å²) < 4.78 is 38.6. The molecule has 2 fully saturated rings. The van der Waals surface area contributed by atoms with Crippen molar-refractivity contribution in [1.82, 2.24) is 14.7 Å². The van der Waals surface area contributed by atoms with Crippen molar-refractivity contribution < 1.29 is 32.7 Å². The number of benzene rings is 1. The fraction of sp³-hybridized carbons (Fsp3) is 0.542. The van der Waals surface area contributed by atoms with Crippen LogP contribution in [-0.4, -0.2) is 86.1 Å². The van der Waals surface area contributed by atoms with E-state index in [1.54, 1.807) is 17.6 Å². The molecule has 0 spiro atoms. The van der Waals surface area contributed by atoms with Gasteiger partial charge in [-0.3, -0.25) is 10.0 Å². The highest BCUT2D eigenvalue weighted by molar-refractivity contribution is 7.89. The van der Waals surface area contributed by atoms with E-state index in [0.717, 1.165) is 11.1 Å². The molecule has 12 heteroatoms. The predicted octanol–water partition coefficient (Wildman–Crippen LogP) is 1.49. The second-order valence-corrected chi connectivity index (χ2v) is 11.3. The number of amides is 2. The smallest absolute Gasteiger partial charge is 0.410 e. The standard InChI is InChI=1S/C24H30N4O7S/c25-15-18-1-3-19(4-2-18)20-5-10-28(11-6-20)36(32,33)17-24(22(29)26-31)8-12-27(13-9-24)23(30)35-21-7-14-34-16-21/h1-5,21,31H,6-14,16-17H2,(H,26,29)/t21-/m0/s1. The van der Waals surface area contributed by atoms with Crippen molar-refractivity contribution >= 4 is 27.6 Å². The van der Waals surface area contributed by atoms with E-state index in [-0.39, 0.29) is 45.1 Å². The van der Waals surface area contributed by atoms with E-state index >= 15 is 0 Å². The van der Waals surface area contributed by atoms with Gasteiger partial charge >= 0.3 is 6.09 Å². The van der Waals surface area contributed by atoms with Crippen molar-refractivity contribution in [3.8, 4) is 6.07 Å². The minimum absolute atomic E-state index is 0.0784. The Hall–Kier alpha value is -2.98. The molecule has 0 saturated carbocycles. The Kier molecular flexibility index (Phi) is 7.94. The topological polar surface area (TPSA) is 149 Å². The maximum Gasteiger partial charge on any atom is 0.410 e. The van der Waals surface area contributed by atoms with Gasteiger partial charge in [0.1, 0.15) is 6.10 Å². The number of hydrogen-bond acceptors (Lipinski definition) is 8. The van der Waals surface area contributed by atoms with Gasteiger partial charge in [-0.25, -0.2) is 18.7 Å². The van der Waals surface area contributed by atoms with Crippen LogP contribution in [0.5, 0.6) is 0 Å². The van der Waals surface area contributed by atoms with Gasteiger partial charge < -0.3 is 14.4 Å². The van der Waals surface area contributed by atoms with Crippen LogP contribution < -0.4 is 5.48 Å². The summed E-state index contributed by atoms with van der Waals surface area (Å²) in [6.45, 7) is 1.58. The molecule has 194 valence electrons. The van der Waals surface area contributed by atoms with Gasteiger partial charge in [0, 0.05) is 32.6 Å². The lowest BCUT2D eigenvalue weighted by Crippen LogP contribution is -2.54. The molecule has 2 amide bonds. The molecular weight excluding hydrogens is 488 g/mol. The Bertz CT molecular complexity index is 1150. The first-order chi connectivity index (χ1) is 17.3. The highest BCUT2D eigenvalue weighted by atomic mass is 32.2. The number of likely N-dealkylation sites (tertiary alicyclic amines) is 1. The Balaban J connectivity index is 1.40. The lowest BCUT2D eigenvalue weighted by atomic mass is 9.79. The zero-order chi connectivity index (χ0) is 25.8. The zero-order valence-corrected chi connectivity index (χ0v) is 20.7. The number of ether oxygens (including phenoxy) is 2. The molecule has 0 unspecified atom stereocenters. The molecule has 2 N–H and O–H groups in total. The Morgan fingerprint density at radius 2 is 1.94 bits per heavy atom. The highest BCUT2D eigenvalue weighted by Crippen LogP contribution is 2.35. The lowest BCUT2D eigenvalue weighted by molar-refractivity contribution is -0.141. The summed E-state index contributed by atoms with van der Waals surface area (Å²) in [6, 6.07) is 9.20. The molecule has 3 aliphatic rings. The molecular formula is C24H30N4O7S. The molecule has 1 aromatic carbocycles. The number of nitriles is 1. The summed E-state index contributed by atoms with van der Waals surface area (Å²) in [6.07, 6.45) is 2.31. The lowest BCUT2D eigenvalue weighted by Gasteiger charge is -2.40. The van der Waals surface area contributed by atoms with Crippen molar-refractivity contribution in [1.29, 1.82) is 5.26 Å². The normalized spacial score (nSPS) is 22.4. The molecule has 11 nitrogen and oxygen atoms in total. The van der Waals surface area contributed by atoms with Gasteiger partial charge in [-0.05, 0) is 42.5 Å². The summed E-state index contributed by atoms with van der Waals surface area (Å²) in [7, 11) is -3.85. The monoisotopic (exact) mass is 518 g/mol. The number of carbonyl (C=O) groups excluding carboxylic acids is 2. The SMILES string of the molecule is N#Cc1ccc(C2=CCN(S(=O)(=O)CC3(C(=O)NO)CCN(C(=O)O[C@H]4CCOC4)CC3)CC2)cc1. The average Bonchev–Trinajstić information content (AvgIpc) is 3.41. The van der Waals surface area contributed by atoms with Crippen LogP contribution in [0.3, 0.4) is 0 Å². The molecule has 1 atom stereocenters. The fourth-order valence-electron chi connectivity index (χ4n) is 4.86.